The number of benzene rings is 2. The minimum Gasteiger partial charge on any atom is -0.467 e. The number of hydrogen-bond donors (Lipinski definition) is 1. The second-order valence-corrected chi connectivity index (χ2v) is 9.19. The van der Waals surface area contributed by atoms with E-state index in [2.05, 4.69) is 5.32 Å². The van der Waals surface area contributed by atoms with E-state index in [1.165, 1.54) is 18.1 Å². The van der Waals surface area contributed by atoms with Crippen LogP contribution < -0.4 is 9.50 Å². The lowest BCUT2D eigenvalue weighted by Gasteiger charge is -2.23. The maximum absolute atomic E-state index is 13.0. The first-order valence-electron chi connectivity index (χ1n) is 9.31. The van der Waals surface area contributed by atoms with Gasteiger partial charge in [-0.3, -0.25) is 0 Å². The molecule has 0 radical (unpaired) electrons. The Kier molecular flexibility index (Phi) is 7.48. The Balaban J connectivity index is 1.82. The molecule has 0 aliphatic rings. The molecule has 0 aliphatic heterocycles. The molecule has 0 atom stereocenters. The van der Waals surface area contributed by atoms with Crippen molar-refractivity contribution >= 4 is 45.0 Å². The van der Waals surface area contributed by atoms with Crippen LogP contribution in [0.3, 0.4) is 0 Å². The first kappa shape index (κ1) is 23.0. The van der Waals surface area contributed by atoms with Crippen LogP contribution >= 0.6 is 23.2 Å². The van der Waals surface area contributed by atoms with Crippen LogP contribution in [0.1, 0.15) is 18.2 Å². The minimum absolute atomic E-state index is 0.148. The van der Waals surface area contributed by atoms with E-state index in [9.17, 15) is 13.2 Å². The van der Waals surface area contributed by atoms with Crippen molar-refractivity contribution in [1.29, 1.82) is 0 Å². The van der Waals surface area contributed by atoms with Crippen molar-refractivity contribution in [2.24, 2.45) is 0 Å². The molecule has 10 heteroatoms. The molecule has 7 nitrogen and oxygen atoms in total. The summed E-state index contributed by atoms with van der Waals surface area (Å²) in [7, 11) is -3.66. The van der Waals surface area contributed by atoms with Crippen molar-refractivity contribution in [2.45, 2.75) is 20.0 Å². The summed E-state index contributed by atoms with van der Waals surface area (Å²) in [6.07, 6.45) is 1.52. The Morgan fingerprint density at radius 3 is 2.58 bits per heavy atom. The Bertz CT molecular complexity index is 1150. The zero-order chi connectivity index (χ0) is 22.4. The van der Waals surface area contributed by atoms with Gasteiger partial charge in [0.25, 0.3) is 0 Å². The third-order valence-electron chi connectivity index (χ3n) is 4.26. The first-order chi connectivity index (χ1) is 14.8. The van der Waals surface area contributed by atoms with Gasteiger partial charge >= 0.3 is 16.1 Å². The third-order valence-corrected chi connectivity index (χ3v) is 6.23. The predicted octanol–water partition coefficient (Wildman–Crippen LogP) is 5.55. The molecule has 3 rings (SSSR count). The van der Waals surface area contributed by atoms with Crippen LogP contribution in [0, 0.1) is 0 Å². The van der Waals surface area contributed by atoms with Crippen molar-refractivity contribution < 1.29 is 21.8 Å². The normalized spacial score (nSPS) is 11.2. The van der Waals surface area contributed by atoms with Gasteiger partial charge in [-0.2, -0.15) is 8.42 Å². The third kappa shape index (κ3) is 6.40. The van der Waals surface area contributed by atoms with Crippen molar-refractivity contribution in [3.8, 4) is 5.75 Å². The molecule has 0 saturated carbocycles. The molecule has 31 heavy (non-hydrogen) atoms. The van der Waals surface area contributed by atoms with Gasteiger partial charge in [0.15, 0.2) is 0 Å². The van der Waals surface area contributed by atoms with Gasteiger partial charge in [0.2, 0.25) is 0 Å². The lowest BCUT2D eigenvalue weighted by atomic mass is 10.2. The number of carbonyl (C=O) groups is 1. The van der Waals surface area contributed by atoms with Crippen LogP contribution in [0.25, 0.3) is 0 Å². The topological polar surface area (TPSA) is 88.9 Å². The molecule has 2 aromatic carbocycles. The minimum atomic E-state index is -3.66. The van der Waals surface area contributed by atoms with Crippen LogP contribution in [-0.4, -0.2) is 25.1 Å². The molecular weight excluding hydrogens is 463 g/mol. The molecule has 2 amide bonds. The van der Waals surface area contributed by atoms with E-state index in [-0.39, 0.29) is 29.6 Å². The molecule has 0 fully saturated rings. The van der Waals surface area contributed by atoms with Gasteiger partial charge in [0, 0.05) is 6.54 Å². The molecule has 0 unspecified atom stereocenters. The number of nitrogens with zero attached hydrogens (tertiary/aromatic N) is 1. The highest BCUT2D eigenvalue weighted by Crippen LogP contribution is 2.30. The van der Waals surface area contributed by atoms with Crippen LogP contribution in [0.2, 0.25) is 10.0 Å². The van der Waals surface area contributed by atoms with E-state index in [0.717, 1.165) is 0 Å². The van der Waals surface area contributed by atoms with Gasteiger partial charge in [0.1, 0.15) is 11.5 Å². The summed E-state index contributed by atoms with van der Waals surface area (Å²) in [5, 5.41) is 3.30. The second-order valence-electron chi connectivity index (χ2n) is 6.54. The Morgan fingerprint density at radius 2 is 1.87 bits per heavy atom. The Hall–Kier alpha value is -2.68. The molecule has 0 aliphatic carbocycles. The highest BCUT2D eigenvalue weighted by Gasteiger charge is 2.19. The van der Waals surface area contributed by atoms with Crippen LogP contribution in [0.4, 0.5) is 10.5 Å². The molecule has 1 aromatic heterocycles. The molecule has 0 saturated heterocycles. The predicted molar refractivity (Wildman–Crippen MR) is 120 cm³/mol. The zero-order valence-electron chi connectivity index (χ0n) is 16.5. The van der Waals surface area contributed by atoms with E-state index < -0.39 is 16.1 Å². The molecule has 1 heterocycles. The van der Waals surface area contributed by atoms with Crippen molar-refractivity contribution in [3.05, 3.63) is 82.2 Å². The molecule has 164 valence electrons. The Morgan fingerprint density at radius 1 is 1.10 bits per heavy atom. The standard InChI is InChI=1S/C21H20Cl2N2O5S/c1-2-31(27,28)30-16-7-3-6-15(12-16)13-25(14-17-8-5-11-29-17)21(26)24-19-10-4-9-18(22)20(19)23/h3-12H,2,13-14H2,1H3,(H,24,26). The SMILES string of the molecule is CCS(=O)(=O)Oc1cccc(CN(Cc2ccco2)C(=O)Nc2cccc(Cl)c2Cl)c1. The quantitative estimate of drug-likeness (QED) is 0.425. The van der Waals surface area contributed by atoms with Crippen molar-refractivity contribution in [2.75, 3.05) is 11.1 Å². The summed E-state index contributed by atoms with van der Waals surface area (Å²) in [6.45, 7) is 1.83. The molecular formula is C21H20Cl2N2O5S. The van der Waals surface area contributed by atoms with Crippen molar-refractivity contribution in [1.82, 2.24) is 4.90 Å². The van der Waals surface area contributed by atoms with Crippen LogP contribution in [-0.2, 0) is 23.2 Å². The number of rotatable bonds is 8. The lowest BCUT2D eigenvalue weighted by molar-refractivity contribution is 0.201. The average Bonchev–Trinajstić information content (AvgIpc) is 3.24. The van der Waals surface area contributed by atoms with Crippen molar-refractivity contribution in [3.63, 3.8) is 0 Å². The monoisotopic (exact) mass is 482 g/mol. The Labute approximate surface area is 190 Å². The summed E-state index contributed by atoms with van der Waals surface area (Å²) in [6, 6.07) is 14.5. The fourth-order valence-electron chi connectivity index (χ4n) is 2.71. The van der Waals surface area contributed by atoms with E-state index >= 15 is 0 Å². The number of urea groups is 1. The second kappa shape index (κ2) is 10.1. The van der Waals surface area contributed by atoms with E-state index in [1.807, 2.05) is 0 Å². The highest BCUT2D eigenvalue weighted by atomic mass is 35.5. The molecule has 1 N–H and O–H groups in total. The number of hydrogen-bond acceptors (Lipinski definition) is 5. The van der Waals surface area contributed by atoms with Crippen LogP contribution in [0.15, 0.2) is 65.3 Å². The largest absolute Gasteiger partial charge is 0.467 e. The fraction of sp³-hybridized carbons (Fsp3) is 0.190. The van der Waals surface area contributed by atoms with E-state index in [0.29, 0.717) is 22.0 Å². The van der Waals surface area contributed by atoms with Crippen LogP contribution in [0.5, 0.6) is 5.75 Å². The summed E-state index contributed by atoms with van der Waals surface area (Å²) < 4.78 is 33.9. The number of carbonyl (C=O) groups excluding carboxylic acids is 1. The molecule has 0 bridgehead atoms. The van der Waals surface area contributed by atoms with E-state index in [1.54, 1.807) is 54.6 Å². The number of nitrogens with one attached hydrogen (secondary N) is 1. The number of furan rings is 1. The summed E-state index contributed by atoms with van der Waals surface area (Å²) in [5.41, 5.74) is 1.04. The van der Waals surface area contributed by atoms with Gasteiger partial charge in [-0.1, -0.05) is 41.4 Å². The number of halogens is 2. The number of amides is 2. The summed E-state index contributed by atoms with van der Waals surface area (Å²) >= 11 is 12.2. The maximum atomic E-state index is 13.0. The lowest BCUT2D eigenvalue weighted by Crippen LogP contribution is -2.34. The molecule has 3 aromatic rings. The van der Waals surface area contributed by atoms with E-state index in [4.69, 9.17) is 31.8 Å². The fourth-order valence-corrected chi connectivity index (χ4v) is 3.57. The summed E-state index contributed by atoms with van der Waals surface area (Å²) in [5.74, 6) is 0.605. The highest BCUT2D eigenvalue weighted by molar-refractivity contribution is 7.87. The zero-order valence-corrected chi connectivity index (χ0v) is 18.9. The molecule has 0 spiro atoms. The van der Waals surface area contributed by atoms with Gasteiger partial charge in [-0.15, -0.1) is 0 Å². The van der Waals surface area contributed by atoms with Gasteiger partial charge in [-0.25, -0.2) is 4.79 Å². The van der Waals surface area contributed by atoms with Gasteiger partial charge in [-0.05, 0) is 48.9 Å². The smallest absolute Gasteiger partial charge is 0.322 e. The van der Waals surface area contributed by atoms with Gasteiger partial charge in [0.05, 0.1) is 34.3 Å². The summed E-state index contributed by atoms with van der Waals surface area (Å²) in [4.78, 5) is 14.5. The number of anilines is 1. The van der Waals surface area contributed by atoms with Gasteiger partial charge < -0.3 is 18.8 Å². The average molecular weight is 483 g/mol. The maximum Gasteiger partial charge on any atom is 0.322 e. The first-order valence-corrected chi connectivity index (χ1v) is 11.6.